The third-order valence-corrected chi connectivity index (χ3v) is 4.31. The van der Waals surface area contributed by atoms with Crippen molar-refractivity contribution in [2.24, 2.45) is 11.8 Å². The first-order valence-electron chi connectivity index (χ1n) is 5.68. The Morgan fingerprint density at radius 3 is 2.31 bits per heavy atom. The number of nitrogens with one attached hydrogen (secondary N) is 1. The largest absolute Gasteiger partial charge is 0.406 e. The van der Waals surface area contributed by atoms with E-state index in [1.807, 2.05) is 26.0 Å². The second-order valence-electron chi connectivity index (χ2n) is 4.78. The summed E-state index contributed by atoms with van der Waals surface area (Å²) in [7, 11) is -1.76. The van der Waals surface area contributed by atoms with Crippen molar-refractivity contribution in [2.45, 2.75) is 39.8 Å². The highest BCUT2D eigenvalue weighted by molar-refractivity contribution is 7.51. The van der Waals surface area contributed by atoms with Crippen LogP contribution in [0, 0.1) is 11.8 Å². The van der Waals surface area contributed by atoms with Crippen molar-refractivity contribution < 1.29 is 13.6 Å². The molecule has 1 N–H and O–H groups in total. The third-order valence-electron chi connectivity index (χ3n) is 2.69. The van der Waals surface area contributed by atoms with E-state index >= 15 is 0 Å². The highest BCUT2D eigenvalue weighted by atomic mass is 31.2. The number of rotatable bonds is 3. The molecule has 0 bridgehead atoms. The van der Waals surface area contributed by atoms with E-state index in [-0.39, 0.29) is 18.1 Å². The van der Waals surface area contributed by atoms with Crippen LogP contribution in [-0.4, -0.2) is 19.3 Å². The van der Waals surface area contributed by atoms with Gasteiger partial charge in [0.1, 0.15) is 0 Å². The van der Waals surface area contributed by atoms with Crippen LogP contribution in [0.1, 0.15) is 27.7 Å². The molecule has 4 nitrogen and oxygen atoms in total. The maximum atomic E-state index is 12.3. The van der Waals surface area contributed by atoms with Crippen molar-refractivity contribution in [1.29, 1.82) is 0 Å². The molecule has 0 aliphatic carbocycles. The Hall–Kier alpha value is -0.150. The lowest BCUT2D eigenvalue weighted by atomic mass is 10.0. The molecular formula is C11H22NO3P. The third kappa shape index (κ3) is 3.42. The zero-order valence-electron chi connectivity index (χ0n) is 10.6. The van der Waals surface area contributed by atoms with Crippen LogP contribution >= 0.6 is 7.75 Å². The first kappa shape index (κ1) is 13.9. The summed E-state index contributed by atoms with van der Waals surface area (Å²) in [5.74, 6) is 0.613. The molecule has 1 heterocycles. The fourth-order valence-electron chi connectivity index (χ4n) is 1.49. The van der Waals surface area contributed by atoms with Gasteiger partial charge in [0.05, 0.1) is 6.10 Å². The molecule has 16 heavy (non-hydrogen) atoms. The second-order valence-corrected chi connectivity index (χ2v) is 6.61. The van der Waals surface area contributed by atoms with Crippen molar-refractivity contribution in [1.82, 2.24) is 5.09 Å². The lowest BCUT2D eigenvalue weighted by Crippen LogP contribution is -2.29. The quantitative estimate of drug-likeness (QED) is 0.615. The molecule has 0 aromatic carbocycles. The molecule has 0 amide bonds. The second kappa shape index (κ2) is 5.46. The van der Waals surface area contributed by atoms with Gasteiger partial charge < -0.3 is 4.52 Å². The summed E-state index contributed by atoms with van der Waals surface area (Å²) < 4.78 is 22.8. The molecule has 0 aromatic heterocycles. The molecule has 1 aliphatic rings. The minimum atomic E-state index is -3.17. The fourth-order valence-corrected chi connectivity index (χ4v) is 3.13. The first-order valence-corrected chi connectivity index (χ1v) is 7.22. The molecule has 0 spiro atoms. The Labute approximate surface area is 98.0 Å². The van der Waals surface area contributed by atoms with Crippen molar-refractivity contribution in [3.63, 3.8) is 0 Å². The van der Waals surface area contributed by atoms with Crippen molar-refractivity contribution in [2.75, 3.05) is 7.11 Å². The van der Waals surface area contributed by atoms with Gasteiger partial charge in [0.2, 0.25) is 0 Å². The van der Waals surface area contributed by atoms with Crippen LogP contribution in [-0.2, 0) is 13.6 Å². The monoisotopic (exact) mass is 247 g/mol. The highest BCUT2D eigenvalue weighted by Gasteiger charge is 2.33. The summed E-state index contributed by atoms with van der Waals surface area (Å²) in [5.41, 5.74) is 0. The summed E-state index contributed by atoms with van der Waals surface area (Å²) in [5, 5.41) is 2.95. The smallest absolute Gasteiger partial charge is 0.300 e. The topological polar surface area (TPSA) is 47.6 Å². The normalized spacial score (nSPS) is 35.7. The van der Waals surface area contributed by atoms with Gasteiger partial charge in [-0.25, -0.2) is 9.65 Å². The van der Waals surface area contributed by atoms with Crippen LogP contribution in [0.3, 0.4) is 0 Å². The van der Waals surface area contributed by atoms with Gasteiger partial charge in [-0.05, 0) is 11.8 Å². The molecule has 94 valence electrons. The predicted molar refractivity (Wildman–Crippen MR) is 65.2 cm³/mol. The minimum Gasteiger partial charge on any atom is -0.300 e. The molecule has 1 aliphatic heterocycles. The number of hydrogen-bond donors (Lipinski definition) is 1. The SMILES string of the molecule is COP1(=O)NC(C(C)C)C=C[C@H](C(C)C)O1. The van der Waals surface area contributed by atoms with E-state index in [4.69, 9.17) is 9.05 Å². The zero-order valence-corrected chi connectivity index (χ0v) is 11.5. The van der Waals surface area contributed by atoms with Gasteiger partial charge in [-0.2, -0.15) is 0 Å². The van der Waals surface area contributed by atoms with Gasteiger partial charge in [-0.1, -0.05) is 39.8 Å². The Morgan fingerprint density at radius 1 is 1.25 bits per heavy atom. The summed E-state index contributed by atoms with van der Waals surface area (Å²) in [4.78, 5) is 0. The van der Waals surface area contributed by atoms with Gasteiger partial charge >= 0.3 is 7.75 Å². The van der Waals surface area contributed by atoms with Crippen LogP contribution in [0.15, 0.2) is 12.2 Å². The van der Waals surface area contributed by atoms with Gasteiger partial charge in [0.25, 0.3) is 0 Å². The molecular weight excluding hydrogens is 225 g/mol. The van der Waals surface area contributed by atoms with E-state index in [0.29, 0.717) is 5.92 Å². The fraction of sp³-hybridized carbons (Fsp3) is 0.818. The molecule has 0 fully saturated rings. The summed E-state index contributed by atoms with van der Waals surface area (Å²) in [6.45, 7) is 8.20. The zero-order chi connectivity index (χ0) is 12.3. The van der Waals surface area contributed by atoms with Crippen molar-refractivity contribution in [3.05, 3.63) is 12.2 Å². The molecule has 0 radical (unpaired) electrons. The molecule has 0 aromatic rings. The van der Waals surface area contributed by atoms with E-state index in [2.05, 4.69) is 18.9 Å². The molecule has 3 atom stereocenters. The Kier molecular flexibility index (Phi) is 4.74. The summed E-state index contributed by atoms with van der Waals surface area (Å²) >= 11 is 0. The Morgan fingerprint density at radius 2 is 1.88 bits per heavy atom. The van der Waals surface area contributed by atoms with E-state index < -0.39 is 7.75 Å². The van der Waals surface area contributed by atoms with Gasteiger partial charge in [0.15, 0.2) is 0 Å². The lowest BCUT2D eigenvalue weighted by molar-refractivity contribution is 0.154. The van der Waals surface area contributed by atoms with Gasteiger partial charge in [0, 0.05) is 13.2 Å². The Bertz CT molecular complexity index is 278. The molecule has 5 heteroatoms. The van der Waals surface area contributed by atoms with Crippen LogP contribution < -0.4 is 5.09 Å². The average molecular weight is 247 g/mol. The van der Waals surface area contributed by atoms with E-state index in [1.165, 1.54) is 7.11 Å². The van der Waals surface area contributed by atoms with Crippen LogP contribution in [0.4, 0.5) is 0 Å². The molecule has 1 rings (SSSR count). The molecule has 0 saturated heterocycles. The van der Waals surface area contributed by atoms with Crippen LogP contribution in [0.5, 0.6) is 0 Å². The lowest BCUT2D eigenvalue weighted by Gasteiger charge is -2.24. The minimum absolute atomic E-state index is 0.0227. The van der Waals surface area contributed by atoms with Crippen LogP contribution in [0.25, 0.3) is 0 Å². The van der Waals surface area contributed by atoms with Crippen LogP contribution in [0.2, 0.25) is 0 Å². The molecule has 0 saturated carbocycles. The summed E-state index contributed by atoms with van der Waals surface area (Å²) in [6, 6.07) is 0.0227. The van der Waals surface area contributed by atoms with E-state index in [9.17, 15) is 4.57 Å². The average Bonchev–Trinajstić information content (AvgIpc) is 2.38. The van der Waals surface area contributed by atoms with E-state index in [1.54, 1.807) is 0 Å². The standard InChI is InChI=1S/C11H22NO3P/c1-8(2)10-6-7-11(9(3)4)15-16(13,12-10)14-5/h6-11H,1-5H3,(H,12,13)/t10?,11-,16?/m1/s1. The van der Waals surface area contributed by atoms with Crippen molar-refractivity contribution in [3.8, 4) is 0 Å². The van der Waals surface area contributed by atoms with Gasteiger partial charge in [-0.15, -0.1) is 0 Å². The highest BCUT2D eigenvalue weighted by Crippen LogP contribution is 2.47. The van der Waals surface area contributed by atoms with Gasteiger partial charge in [-0.3, -0.25) is 4.52 Å². The Balaban J connectivity index is 2.91. The number of hydrogen-bond acceptors (Lipinski definition) is 3. The molecule has 2 unspecified atom stereocenters. The van der Waals surface area contributed by atoms with E-state index in [0.717, 1.165) is 0 Å². The first-order chi connectivity index (χ1) is 7.38. The maximum absolute atomic E-state index is 12.3. The van der Waals surface area contributed by atoms with Crippen molar-refractivity contribution >= 4 is 7.75 Å². The summed E-state index contributed by atoms with van der Waals surface area (Å²) in [6.07, 6.45) is 3.83. The maximum Gasteiger partial charge on any atom is 0.406 e. The predicted octanol–water partition coefficient (Wildman–Crippen LogP) is 2.97.